The minimum atomic E-state index is 0.249. The third kappa shape index (κ3) is 4.69. The second-order valence-corrected chi connectivity index (χ2v) is 7.44. The molecule has 2 heteroatoms. The number of benzene rings is 2. The topological polar surface area (TPSA) is 40.5 Å². The number of hydrogen-bond donors (Lipinski definition) is 2. The van der Waals surface area contributed by atoms with Crippen LogP contribution in [0.5, 0.6) is 11.5 Å². The van der Waals surface area contributed by atoms with Crippen molar-refractivity contribution in [1.29, 1.82) is 0 Å². The fourth-order valence-corrected chi connectivity index (χ4v) is 3.85. The Bertz CT molecular complexity index is 772. The molecule has 4 rings (SSSR count). The average molecular weight is 380 g/mol. The zero-order chi connectivity index (χ0) is 20.2. The van der Waals surface area contributed by atoms with Crippen molar-refractivity contribution < 1.29 is 10.2 Å². The molecule has 2 aliphatic rings. The lowest BCUT2D eigenvalue weighted by Gasteiger charge is -2.26. The van der Waals surface area contributed by atoms with E-state index in [1.165, 1.54) is 17.4 Å². The molecule has 2 aliphatic carbocycles. The first-order chi connectivity index (χ1) is 14.1. The maximum absolute atomic E-state index is 9.79. The van der Waals surface area contributed by atoms with Gasteiger partial charge in [-0.1, -0.05) is 36.8 Å². The predicted octanol–water partition coefficient (Wildman–Crippen LogP) is 5.74. The molecule has 0 bridgehead atoms. The van der Waals surface area contributed by atoms with Gasteiger partial charge in [0.15, 0.2) is 0 Å². The van der Waals surface area contributed by atoms with Gasteiger partial charge in [-0.3, -0.25) is 0 Å². The molecular weight excluding hydrogens is 356 g/mol. The number of rotatable bonds is 6. The van der Waals surface area contributed by atoms with Crippen LogP contribution in [-0.2, 0) is 0 Å². The second kappa shape index (κ2) is 9.07. The number of phenols is 2. The highest BCUT2D eigenvalue weighted by Gasteiger charge is 2.30. The van der Waals surface area contributed by atoms with E-state index in [1.54, 1.807) is 24.3 Å². The zero-order valence-corrected chi connectivity index (χ0v) is 16.4. The molecular formula is C27H24O2. The molecule has 0 spiro atoms. The monoisotopic (exact) mass is 380 g/mol. The summed E-state index contributed by atoms with van der Waals surface area (Å²) in [6.07, 6.45) is 17.8. The normalized spacial score (nSPS) is 18.8. The Morgan fingerprint density at radius 1 is 0.690 bits per heavy atom. The average Bonchev–Trinajstić information content (AvgIpc) is 3.44. The fourth-order valence-electron chi connectivity index (χ4n) is 3.85. The molecule has 2 saturated carbocycles. The smallest absolute Gasteiger partial charge is 0.115 e. The summed E-state index contributed by atoms with van der Waals surface area (Å²) in [4.78, 5) is 0. The number of phenolic OH excluding ortho intramolecular Hbond substituents is 2. The van der Waals surface area contributed by atoms with Crippen molar-refractivity contribution in [1.82, 2.24) is 0 Å². The first-order valence-electron chi connectivity index (χ1n) is 9.87. The minimum Gasteiger partial charge on any atom is -0.508 e. The third-order valence-corrected chi connectivity index (χ3v) is 5.39. The summed E-state index contributed by atoms with van der Waals surface area (Å²) in [5, 5.41) is 19.6. The predicted molar refractivity (Wildman–Crippen MR) is 117 cm³/mol. The van der Waals surface area contributed by atoms with Crippen LogP contribution in [-0.4, -0.2) is 10.2 Å². The summed E-state index contributed by atoms with van der Waals surface area (Å²) < 4.78 is 0. The molecule has 1 unspecified atom stereocenters. The first kappa shape index (κ1) is 20.1. The van der Waals surface area contributed by atoms with Crippen LogP contribution in [0.2, 0.25) is 0 Å². The van der Waals surface area contributed by atoms with Crippen LogP contribution in [0.25, 0.3) is 5.57 Å². The van der Waals surface area contributed by atoms with Crippen molar-refractivity contribution in [2.24, 2.45) is 5.92 Å². The summed E-state index contributed by atoms with van der Waals surface area (Å²) in [6, 6.07) is 14.7. The van der Waals surface area contributed by atoms with Crippen LogP contribution in [0.4, 0.5) is 0 Å². The molecule has 2 aromatic carbocycles. The summed E-state index contributed by atoms with van der Waals surface area (Å²) >= 11 is 0. The first-order valence-corrected chi connectivity index (χ1v) is 9.87. The molecule has 29 heavy (non-hydrogen) atoms. The highest BCUT2D eigenvalue weighted by atomic mass is 16.3. The molecule has 144 valence electrons. The molecule has 0 aromatic heterocycles. The fraction of sp³-hybridized carbons (Fsp3) is 0.111. The Hall–Kier alpha value is -2.22. The third-order valence-electron chi connectivity index (χ3n) is 5.39. The van der Waals surface area contributed by atoms with Crippen molar-refractivity contribution in [2.75, 3.05) is 0 Å². The highest BCUT2D eigenvalue weighted by molar-refractivity contribution is 5.85. The Morgan fingerprint density at radius 2 is 1.14 bits per heavy atom. The molecule has 2 aromatic rings. The highest BCUT2D eigenvalue weighted by Crippen LogP contribution is 2.44. The number of hydrogen-bond acceptors (Lipinski definition) is 2. The van der Waals surface area contributed by atoms with E-state index in [4.69, 9.17) is 0 Å². The lowest BCUT2D eigenvalue weighted by Crippen LogP contribution is -2.12. The lowest BCUT2D eigenvalue weighted by molar-refractivity contribution is 0.475. The van der Waals surface area contributed by atoms with Crippen LogP contribution in [0.15, 0.2) is 54.1 Å². The van der Waals surface area contributed by atoms with E-state index in [0.717, 1.165) is 23.1 Å². The lowest BCUT2D eigenvalue weighted by atomic mass is 9.78. The van der Waals surface area contributed by atoms with Gasteiger partial charge in [0.2, 0.25) is 0 Å². The van der Waals surface area contributed by atoms with Gasteiger partial charge in [0.25, 0.3) is 0 Å². The van der Waals surface area contributed by atoms with Crippen LogP contribution in [0.3, 0.4) is 0 Å². The van der Waals surface area contributed by atoms with Crippen molar-refractivity contribution in [3.63, 3.8) is 0 Å². The van der Waals surface area contributed by atoms with Crippen molar-refractivity contribution in [3.8, 4) is 11.5 Å². The van der Waals surface area contributed by atoms with E-state index in [0.29, 0.717) is 5.92 Å². The molecule has 0 amide bonds. The van der Waals surface area contributed by atoms with Crippen molar-refractivity contribution in [2.45, 2.75) is 13.3 Å². The molecule has 0 heterocycles. The summed E-state index contributed by atoms with van der Waals surface area (Å²) in [5.74, 6) is 3.38. The van der Waals surface area contributed by atoms with Gasteiger partial charge in [0.05, 0.1) is 0 Å². The van der Waals surface area contributed by atoms with E-state index in [1.807, 2.05) is 24.3 Å². The van der Waals surface area contributed by atoms with Gasteiger partial charge in [-0.05, 0) is 111 Å². The van der Waals surface area contributed by atoms with Crippen LogP contribution >= 0.6 is 0 Å². The maximum Gasteiger partial charge on any atom is 0.115 e. The maximum atomic E-state index is 9.79. The van der Waals surface area contributed by atoms with Gasteiger partial charge < -0.3 is 10.2 Å². The number of aromatic hydroxyl groups is 2. The number of allylic oxidation sites excluding steroid dienone is 1. The molecule has 2 nitrogen and oxygen atoms in total. The Balaban J connectivity index is 1.81. The summed E-state index contributed by atoms with van der Waals surface area (Å²) in [5.41, 5.74) is 4.45. The van der Waals surface area contributed by atoms with E-state index in [9.17, 15) is 10.2 Å². The van der Waals surface area contributed by atoms with Gasteiger partial charge in [-0.2, -0.15) is 0 Å². The molecule has 0 aliphatic heterocycles. The van der Waals surface area contributed by atoms with Crippen LogP contribution in [0.1, 0.15) is 24.5 Å². The second-order valence-electron chi connectivity index (χ2n) is 7.44. The van der Waals surface area contributed by atoms with Crippen molar-refractivity contribution in [3.05, 3.63) is 128 Å². The van der Waals surface area contributed by atoms with E-state index < -0.39 is 0 Å². The Labute approximate surface area is 175 Å². The molecule has 10 radical (unpaired) electrons. The van der Waals surface area contributed by atoms with Gasteiger partial charge in [0, 0.05) is 5.92 Å². The Morgan fingerprint density at radius 3 is 1.62 bits per heavy atom. The van der Waals surface area contributed by atoms with Gasteiger partial charge >= 0.3 is 0 Å². The van der Waals surface area contributed by atoms with E-state index >= 15 is 0 Å². The van der Waals surface area contributed by atoms with E-state index in [2.05, 4.69) is 58.3 Å². The van der Waals surface area contributed by atoms with E-state index in [-0.39, 0.29) is 11.5 Å². The molecule has 2 fully saturated rings. The van der Waals surface area contributed by atoms with Crippen molar-refractivity contribution >= 4 is 5.57 Å². The van der Waals surface area contributed by atoms with Gasteiger partial charge in [-0.25, -0.2) is 0 Å². The molecule has 0 saturated heterocycles. The van der Waals surface area contributed by atoms with Gasteiger partial charge in [0.1, 0.15) is 11.5 Å². The zero-order valence-electron chi connectivity index (χ0n) is 16.4. The summed E-state index contributed by atoms with van der Waals surface area (Å²) in [7, 11) is 0. The van der Waals surface area contributed by atoms with Gasteiger partial charge in [-0.15, -0.1) is 0 Å². The molecule has 2 N–H and O–H groups in total. The van der Waals surface area contributed by atoms with Crippen LogP contribution in [0, 0.1) is 69.1 Å². The largest absolute Gasteiger partial charge is 0.508 e. The van der Waals surface area contributed by atoms with Crippen LogP contribution < -0.4 is 0 Å². The SMILES string of the molecule is CC(CC([C]1[CH][CH][CH][CH]1)=C(c1ccc(O)cc1)c1ccc(O)cc1)[C]1[CH][CH][CH][CH]1. The quantitative estimate of drug-likeness (QED) is 0.671. The minimum absolute atomic E-state index is 0.249. The molecule has 1 atom stereocenters. The summed E-state index contributed by atoms with van der Waals surface area (Å²) in [6.45, 7) is 2.25. The Kier molecular flexibility index (Phi) is 6.28. The standard InChI is InChI=1S/C27H24O2/c1-19(20-6-2-3-7-20)18-26(21-8-4-5-9-21)27(22-10-14-24(28)15-11-22)23-12-16-25(29)17-13-23/h2-17,19,28-29H,18H2,1H3.